The summed E-state index contributed by atoms with van der Waals surface area (Å²) in [7, 11) is 2.03. The van der Waals surface area contributed by atoms with Crippen LogP contribution in [-0.4, -0.2) is 27.8 Å². The lowest BCUT2D eigenvalue weighted by molar-refractivity contribution is 0.154. The molecule has 5 heteroatoms. The minimum Gasteiger partial charge on any atom is -0.388 e. The molecular formula is C20H29N3O2. The maximum atomic E-state index is 12.1. The van der Waals surface area contributed by atoms with Gasteiger partial charge in [-0.05, 0) is 50.8 Å². The van der Waals surface area contributed by atoms with Gasteiger partial charge in [0, 0.05) is 31.0 Å². The molecule has 5 nitrogen and oxygen atoms in total. The number of nitrogens with zero attached hydrogens (tertiary/aromatic N) is 1. The highest BCUT2D eigenvalue weighted by atomic mass is 16.3. The molecule has 0 saturated heterocycles. The summed E-state index contributed by atoms with van der Waals surface area (Å²) in [4.78, 5) is 12.1. The molecule has 2 aromatic rings. The van der Waals surface area contributed by atoms with Gasteiger partial charge in [-0.1, -0.05) is 30.3 Å². The van der Waals surface area contributed by atoms with E-state index in [0.29, 0.717) is 6.42 Å². The first kappa shape index (κ1) is 19.1. The number of aryl methyl sites for hydroxylation is 2. The van der Waals surface area contributed by atoms with E-state index in [4.69, 9.17) is 0 Å². The largest absolute Gasteiger partial charge is 0.388 e. The molecular weight excluding hydrogens is 314 g/mol. The van der Waals surface area contributed by atoms with Crippen molar-refractivity contribution in [3.05, 3.63) is 59.9 Å². The lowest BCUT2D eigenvalue weighted by atomic mass is 10.0. The monoisotopic (exact) mass is 343 g/mol. The molecule has 3 atom stereocenters. The molecule has 2 amide bonds. The number of urea groups is 1. The zero-order valence-electron chi connectivity index (χ0n) is 15.3. The first-order valence-corrected chi connectivity index (χ1v) is 8.86. The van der Waals surface area contributed by atoms with E-state index in [1.807, 2.05) is 63.5 Å². The van der Waals surface area contributed by atoms with Crippen LogP contribution < -0.4 is 10.6 Å². The number of amides is 2. The number of rotatable bonds is 8. The molecule has 0 fully saturated rings. The first-order valence-electron chi connectivity index (χ1n) is 8.86. The quantitative estimate of drug-likeness (QED) is 0.689. The normalized spacial score (nSPS) is 14.6. The summed E-state index contributed by atoms with van der Waals surface area (Å²) in [6.45, 7) is 3.91. The third kappa shape index (κ3) is 6.27. The van der Waals surface area contributed by atoms with E-state index < -0.39 is 6.10 Å². The number of carbonyl (C=O) groups excluding carboxylic acids is 1. The molecule has 0 bridgehead atoms. The molecule has 3 N–H and O–H groups in total. The summed E-state index contributed by atoms with van der Waals surface area (Å²) in [5, 5.41) is 16.1. The van der Waals surface area contributed by atoms with Gasteiger partial charge in [0.25, 0.3) is 0 Å². The van der Waals surface area contributed by atoms with Crippen molar-refractivity contribution in [2.45, 2.75) is 51.3 Å². The number of carbonyl (C=O) groups is 1. The fourth-order valence-corrected chi connectivity index (χ4v) is 2.89. The van der Waals surface area contributed by atoms with E-state index in [1.165, 1.54) is 5.69 Å². The Morgan fingerprint density at radius 1 is 1.08 bits per heavy atom. The second kappa shape index (κ2) is 9.28. The fourth-order valence-electron chi connectivity index (χ4n) is 2.89. The van der Waals surface area contributed by atoms with Crippen LogP contribution in [0.25, 0.3) is 0 Å². The topological polar surface area (TPSA) is 66.3 Å². The SMILES string of the molecule is CC(CCc1cccn1C)NC(=O)NC(C)CC(O)c1ccccc1. The molecule has 0 saturated carbocycles. The summed E-state index contributed by atoms with van der Waals surface area (Å²) in [5.41, 5.74) is 2.13. The number of hydrogen-bond donors (Lipinski definition) is 3. The van der Waals surface area contributed by atoms with E-state index >= 15 is 0 Å². The summed E-state index contributed by atoms with van der Waals surface area (Å²) >= 11 is 0. The molecule has 0 aliphatic heterocycles. The Labute approximate surface area is 150 Å². The Hall–Kier alpha value is -2.27. The Morgan fingerprint density at radius 3 is 2.40 bits per heavy atom. The number of hydrogen-bond acceptors (Lipinski definition) is 2. The van der Waals surface area contributed by atoms with Crippen molar-refractivity contribution in [1.82, 2.24) is 15.2 Å². The van der Waals surface area contributed by atoms with Gasteiger partial charge < -0.3 is 20.3 Å². The zero-order valence-corrected chi connectivity index (χ0v) is 15.3. The number of aliphatic hydroxyl groups excluding tert-OH is 1. The van der Waals surface area contributed by atoms with Crippen LogP contribution >= 0.6 is 0 Å². The molecule has 2 rings (SSSR count). The van der Waals surface area contributed by atoms with Crippen molar-refractivity contribution in [3.63, 3.8) is 0 Å². The summed E-state index contributed by atoms with van der Waals surface area (Å²) < 4.78 is 2.10. The Balaban J connectivity index is 1.70. The molecule has 0 radical (unpaired) electrons. The average molecular weight is 343 g/mol. The van der Waals surface area contributed by atoms with Crippen LogP contribution in [0.1, 0.15) is 44.1 Å². The number of nitrogens with one attached hydrogen (secondary N) is 2. The predicted molar refractivity (Wildman–Crippen MR) is 100 cm³/mol. The van der Waals surface area contributed by atoms with Crippen molar-refractivity contribution < 1.29 is 9.90 Å². The third-order valence-electron chi connectivity index (χ3n) is 4.40. The fraction of sp³-hybridized carbons (Fsp3) is 0.450. The van der Waals surface area contributed by atoms with E-state index in [2.05, 4.69) is 21.3 Å². The van der Waals surface area contributed by atoms with Gasteiger partial charge in [-0.25, -0.2) is 4.79 Å². The molecule has 1 aromatic carbocycles. The van der Waals surface area contributed by atoms with Crippen LogP contribution in [0.3, 0.4) is 0 Å². The molecule has 0 spiro atoms. The molecule has 25 heavy (non-hydrogen) atoms. The van der Waals surface area contributed by atoms with Crippen LogP contribution in [-0.2, 0) is 13.5 Å². The highest BCUT2D eigenvalue weighted by molar-refractivity contribution is 5.74. The van der Waals surface area contributed by atoms with E-state index in [9.17, 15) is 9.90 Å². The smallest absolute Gasteiger partial charge is 0.315 e. The molecule has 3 unspecified atom stereocenters. The van der Waals surface area contributed by atoms with Gasteiger partial charge in [-0.15, -0.1) is 0 Å². The van der Waals surface area contributed by atoms with Crippen molar-refractivity contribution >= 4 is 6.03 Å². The van der Waals surface area contributed by atoms with E-state index in [-0.39, 0.29) is 18.1 Å². The maximum absolute atomic E-state index is 12.1. The highest BCUT2D eigenvalue weighted by Gasteiger charge is 2.15. The van der Waals surface area contributed by atoms with Crippen molar-refractivity contribution in [1.29, 1.82) is 0 Å². The third-order valence-corrected chi connectivity index (χ3v) is 4.40. The minimum atomic E-state index is -0.578. The zero-order chi connectivity index (χ0) is 18.2. The van der Waals surface area contributed by atoms with Crippen LogP contribution in [0.5, 0.6) is 0 Å². The summed E-state index contributed by atoms with van der Waals surface area (Å²) in [6.07, 6.45) is 3.74. The second-order valence-corrected chi connectivity index (χ2v) is 6.73. The van der Waals surface area contributed by atoms with Crippen LogP contribution in [0.2, 0.25) is 0 Å². The van der Waals surface area contributed by atoms with Gasteiger partial charge in [0.15, 0.2) is 0 Å². The molecule has 136 valence electrons. The molecule has 1 aromatic heterocycles. The highest BCUT2D eigenvalue weighted by Crippen LogP contribution is 2.17. The van der Waals surface area contributed by atoms with Crippen molar-refractivity contribution in [2.24, 2.45) is 7.05 Å². The maximum Gasteiger partial charge on any atom is 0.315 e. The summed E-state index contributed by atoms with van der Waals surface area (Å²) in [5.74, 6) is 0. The molecule has 0 aliphatic rings. The molecule has 1 heterocycles. The Morgan fingerprint density at radius 2 is 1.76 bits per heavy atom. The second-order valence-electron chi connectivity index (χ2n) is 6.73. The standard InChI is InChI=1S/C20H29N3O2/c1-15(11-12-18-10-7-13-23(18)3)21-20(25)22-16(2)14-19(24)17-8-5-4-6-9-17/h4-10,13,15-16,19,24H,11-12,14H2,1-3H3,(H2,21,22,25). The predicted octanol–water partition coefficient (Wildman–Crippen LogP) is 3.16. The first-order chi connectivity index (χ1) is 12.0. The lowest BCUT2D eigenvalue weighted by Gasteiger charge is -2.20. The number of benzene rings is 1. The number of aliphatic hydroxyl groups is 1. The van der Waals surface area contributed by atoms with Gasteiger partial charge in [0.1, 0.15) is 0 Å². The van der Waals surface area contributed by atoms with Gasteiger partial charge >= 0.3 is 6.03 Å². The van der Waals surface area contributed by atoms with Crippen LogP contribution in [0.4, 0.5) is 4.79 Å². The van der Waals surface area contributed by atoms with E-state index in [1.54, 1.807) is 0 Å². The van der Waals surface area contributed by atoms with Gasteiger partial charge in [-0.2, -0.15) is 0 Å². The summed E-state index contributed by atoms with van der Waals surface area (Å²) in [6, 6.07) is 13.4. The number of aromatic nitrogens is 1. The van der Waals surface area contributed by atoms with Gasteiger partial charge in [-0.3, -0.25) is 0 Å². The van der Waals surface area contributed by atoms with Crippen LogP contribution in [0, 0.1) is 0 Å². The van der Waals surface area contributed by atoms with Gasteiger partial charge in [0.05, 0.1) is 6.10 Å². The molecule has 0 aliphatic carbocycles. The Kier molecular flexibility index (Phi) is 7.07. The van der Waals surface area contributed by atoms with Crippen molar-refractivity contribution in [3.8, 4) is 0 Å². The van der Waals surface area contributed by atoms with Crippen LogP contribution in [0.15, 0.2) is 48.7 Å². The van der Waals surface area contributed by atoms with Gasteiger partial charge in [0.2, 0.25) is 0 Å². The van der Waals surface area contributed by atoms with Crippen molar-refractivity contribution in [2.75, 3.05) is 0 Å². The Bertz CT molecular complexity index is 654. The van der Waals surface area contributed by atoms with E-state index in [0.717, 1.165) is 18.4 Å². The minimum absolute atomic E-state index is 0.0844. The average Bonchev–Trinajstić information content (AvgIpc) is 2.98. The lowest BCUT2D eigenvalue weighted by Crippen LogP contribution is -2.45.